The van der Waals surface area contributed by atoms with Crippen LogP contribution in [0.2, 0.25) is 0 Å². The Hall–Kier alpha value is -1.11. The zero-order chi connectivity index (χ0) is 16.5. The van der Waals surface area contributed by atoms with Gasteiger partial charge in [0, 0.05) is 37.0 Å². The lowest BCUT2D eigenvalue weighted by Crippen LogP contribution is -2.44. The Balaban J connectivity index is 1.61. The van der Waals surface area contributed by atoms with Crippen LogP contribution in [-0.4, -0.2) is 52.0 Å². The van der Waals surface area contributed by atoms with Crippen molar-refractivity contribution in [1.82, 2.24) is 10.6 Å². The molecule has 0 amide bonds. The van der Waals surface area contributed by atoms with Gasteiger partial charge in [0.05, 0.1) is 19.3 Å². The lowest BCUT2D eigenvalue weighted by Gasteiger charge is -2.25. The molecule has 0 aromatic carbocycles. The van der Waals surface area contributed by atoms with Crippen molar-refractivity contribution in [3.63, 3.8) is 0 Å². The summed E-state index contributed by atoms with van der Waals surface area (Å²) in [5, 5.41) is 8.81. The van der Waals surface area contributed by atoms with E-state index in [0.29, 0.717) is 19.3 Å². The molecule has 0 spiro atoms. The first-order valence-electron chi connectivity index (χ1n) is 8.29. The molecule has 1 aromatic heterocycles. The van der Waals surface area contributed by atoms with Gasteiger partial charge in [-0.2, -0.15) is 0 Å². The van der Waals surface area contributed by atoms with Crippen molar-refractivity contribution in [2.75, 3.05) is 40.0 Å². The molecule has 130 valence electrons. The second kappa shape index (κ2) is 9.25. The summed E-state index contributed by atoms with van der Waals surface area (Å²) in [7, 11) is 1.79. The number of thiophene rings is 1. The number of nitrogens with one attached hydrogen (secondary N) is 2. The second-order valence-corrected chi connectivity index (χ2v) is 7.37. The zero-order valence-corrected chi connectivity index (χ0v) is 15.2. The third-order valence-corrected chi connectivity index (χ3v) is 5.21. The monoisotopic (exact) mass is 339 g/mol. The van der Waals surface area contributed by atoms with Gasteiger partial charge in [-0.15, -0.1) is 11.3 Å². The summed E-state index contributed by atoms with van der Waals surface area (Å²) in [5.74, 6) is 0.815. The van der Waals surface area contributed by atoms with Crippen LogP contribution >= 0.6 is 11.3 Å². The van der Waals surface area contributed by atoms with E-state index < -0.39 is 0 Å². The second-order valence-electron chi connectivity index (χ2n) is 6.42. The number of aliphatic imine (C=N–C) groups is 1. The largest absolute Gasteiger partial charge is 0.377 e. The summed E-state index contributed by atoms with van der Waals surface area (Å²) >= 11 is 1.79. The van der Waals surface area contributed by atoms with E-state index in [1.165, 1.54) is 4.88 Å². The van der Waals surface area contributed by atoms with Gasteiger partial charge in [-0.05, 0) is 24.3 Å². The molecule has 2 N–H and O–H groups in total. The fourth-order valence-corrected chi connectivity index (χ4v) is 3.36. The predicted molar refractivity (Wildman–Crippen MR) is 96.5 cm³/mol. The number of hydrogen-bond acceptors (Lipinski definition) is 4. The summed E-state index contributed by atoms with van der Waals surface area (Å²) < 4.78 is 11.2. The first-order chi connectivity index (χ1) is 11.1. The van der Waals surface area contributed by atoms with E-state index in [0.717, 1.165) is 38.5 Å². The Morgan fingerprint density at radius 2 is 2.35 bits per heavy atom. The van der Waals surface area contributed by atoms with Gasteiger partial charge in [0.25, 0.3) is 0 Å². The summed E-state index contributed by atoms with van der Waals surface area (Å²) in [6.07, 6.45) is 2.57. The lowest BCUT2D eigenvalue weighted by atomic mass is 9.91. The summed E-state index contributed by atoms with van der Waals surface area (Å²) in [6.45, 7) is 8.29. The van der Waals surface area contributed by atoms with Gasteiger partial charge in [-0.3, -0.25) is 4.99 Å². The number of guanidine groups is 1. The molecule has 0 aliphatic carbocycles. The van der Waals surface area contributed by atoms with E-state index in [4.69, 9.17) is 9.47 Å². The Bertz CT molecular complexity index is 468. The van der Waals surface area contributed by atoms with Gasteiger partial charge in [-0.25, -0.2) is 0 Å². The Morgan fingerprint density at radius 1 is 1.48 bits per heavy atom. The van der Waals surface area contributed by atoms with Crippen molar-refractivity contribution in [2.24, 2.45) is 4.99 Å². The standard InChI is InChI=1S/C17H29N3O2S/c1-17(2,15-7-5-11-23-15)13-20-16(18-3)19-8-10-21-12-14-6-4-9-22-14/h5,7,11,14H,4,6,8-10,12-13H2,1-3H3,(H2,18,19,20). The number of rotatable bonds is 8. The van der Waals surface area contributed by atoms with E-state index in [1.54, 1.807) is 18.4 Å². The molecule has 1 fully saturated rings. The van der Waals surface area contributed by atoms with Gasteiger partial charge >= 0.3 is 0 Å². The molecule has 0 radical (unpaired) electrons. The average Bonchev–Trinajstić information content (AvgIpc) is 3.23. The van der Waals surface area contributed by atoms with Crippen LogP contribution in [0.4, 0.5) is 0 Å². The first-order valence-corrected chi connectivity index (χ1v) is 9.17. The van der Waals surface area contributed by atoms with E-state index >= 15 is 0 Å². The highest BCUT2D eigenvalue weighted by Crippen LogP contribution is 2.26. The van der Waals surface area contributed by atoms with Crippen LogP contribution in [-0.2, 0) is 14.9 Å². The van der Waals surface area contributed by atoms with Crippen LogP contribution in [0.3, 0.4) is 0 Å². The SMILES string of the molecule is CN=C(NCCOCC1CCCO1)NCC(C)(C)c1cccs1. The van der Waals surface area contributed by atoms with Crippen LogP contribution < -0.4 is 10.6 Å². The maximum atomic E-state index is 5.65. The number of ether oxygens (including phenoxy) is 2. The molecule has 1 atom stereocenters. The van der Waals surface area contributed by atoms with E-state index in [9.17, 15) is 0 Å². The lowest BCUT2D eigenvalue weighted by molar-refractivity contribution is 0.0191. The summed E-state index contributed by atoms with van der Waals surface area (Å²) in [4.78, 5) is 5.64. The first kappa shape index (κ1) is 18.2. The highest BCUT2D eigenvalue weighted by molar-refractivity contribution is 7.10. The molecule has 6 heteroatoms. The predicted octanol–water partition coefficient (Wildman–Crippen LogP) is 2.39. The Labute approximate surface area is 143 Å². The molecular formula is C17H29N3O2S. The molecule has 2 rings (SSSR count). The van der Waals surface area contributed by atoms with Gasteiger partial charge in [0.1, 0.15) is 0 Å². The Kier molecular flexibility index (Phi) is 7.33. The van der Waals surface area contributed by atoms with Crippen molar-refractivity contribution in [1.29, 1.82) is 0 Å². The fourth-order valence-electron chi connectivity index (χ4n) is 2.51. The van der Waals surface area contributed by atoms with E-state index in [1.807, 2.05) is 0 Å². The molecule has 1 aliphatic rings. The maximum Gasteiger partial charge on any atom is 0.191 e. The van der Waals surface area contributed by atoms with Crippen LogP contribution in [0, 0.1) is 0 Å². The summed E-state index contributed by atoms with van der Waals surface area (Å²) in [6, 6.07) is 4.28. The molecule has 0 saturated carbocycles. The number of hydrogen-bond donors (Lipinski definition) is 2. The molecule has 0 bridgehead atoms. The molecule has 1 unspecified atom stereocenters. The van der Waals surface area contributed by atoms with Crippen molar-refractivity contribution in [3.8, 4) is 0 Å². The minimum Gasteiger partial charge on any atom is -0.377 e. The minimum atomic E-state index is 0.0854. The van der Waals surface area contributed by atoms with Gasteiger partial charge in [0.15, 0.2) is 5.96 Å². The minimum absolute atomic E-state index is 0.0854. The highest BCUT2D eigenvalue weighted by Gasteiger charge is 2.21. The molecule has 2 heterocycles. The smallest absolute Gasteiger partial charge is 0.191 e. The van der Waals surface area contributed by atoms with Gasteiger partial charge in [-0.1, -0.05) is 19.9 Å². The van der Waals surface area contributed by atoms with Crippen LogP contribution in [0.1, 0.15) is 31.6 Å². The molecule has 1 aromatic rings. The zero-order valence-electron chi connectivity index (χ0n) is 14.4. The number of nitrogens with zero attached hydrogens (tertiary/aromatic N) is 1. The van der Waals surface area contributed by atoms with Gasteiger partial charge < -0.3 is 20.1 Å². The van der Waals surface area contributed by atoms with Gasteiger partial charge in [0.2, 0.25) is 0 Å². The highest BCUT2D eigenvalue weighted by atomic mass is 32.1. The Morgan fingerprint density at radius 3 is 3.00 bits per heavy atom. The van der Waals surface area contributed by atoms with E-state index in [2.05, 4.69) is 47.0 Å². The van der Waals surface area contributed by atoms with Crippen LogP contribution in [0.15, 0.2) is 22.5 Å². The average molecular weight is 340 g/mol. The quantitative estimate of drug-likeness (QED) is 0.434. The van der Waals surface area contributed by atoms with E-state index in [-0.39, 0.29) is 5.41 Å². The normalized spacial score (nSPS) is 19.1. The third-order valence-electron chi connectivity index (χ3n) is 3.98. The molecule has 1 aliphatic heterocycles. The maximum absolute atomic E-state index is 5.65. The topological polar surface area (TPSA) is 54.9 Å². The summed E-state index contributed by atoms with van der Waals surface area (Å²) in [5.41, 5.74) is 0.0854. The van der Waals surface area contributed by atoms with Crippen molar-refractivity contribution < 1.29 is 9.47 Å². The molecule has 5 nitrogen and oxygen atoms in total. The van der Waals surface area contributed by atoms with Crippen molar-refractivity contribution in [3.05, 3.63) is 22.4 Å². The molecular weight excluding hydrogens is 310 g/mol. The fraction of sp³-hybridized carbons (Fsp3) is 0.706. The van der Waals surface area contributed by atoms with Crippen molar-refractivity contribution >= 4 is 17.3 Å². The third kappa shape index (κ3) is 6.12. The molecule has 23 heavy (non-hydrogen) atoms. The molecule has 1 saturated heterocycles. The van der Waals surface area contributed by atoms with Crippen molar-refractivity contribution in [2.45, 2.75) is 38.2 Å². The van der Waals surface area contributed by atoms with Crippen LogP contribution in [0.5, 0.6) is 0 Å². The van der Waals surface area contributed by atoms with Crippen LogP contribution in [0.25, 0.3) is 0 Å².